The quantitative estimate of drug-likeness (QED) is 0.782. The first-order chi connectivity index (χ1) is 11.0. The van der Waals surface area contributed by atoms with Gasteiger partial charge in [0.15, 0.2) is 0 Å². The molecule has 1 heterocycles. The highest BCUT2D eigenvalue weighted by atomic mass is 35.5. The first-order valence-corrected chi connectivity index (χ1v) is 8.51. The van der Waals surface area contributed by atoms with Gasteiger partial charge in [-0.05, 0) is 18.4 Å². The lowest BCUT2D eigenvalue weighted by Crippen LogP contribution is -2.30. The van der Waals surface area contributed by atoms with E-state index in [2.05, 4.69) is 24.1 Å². The lowest BCUT2D eigenvalue weighted by molar-refractivity contribution is 0.0927. The van der Waals surface area contributed by atoms with E-state index in [0.29, 0.717) is 18.2 Å². The van der Waals surface area contributed by atoms with E-state index in [1.807, 2.05) is 24.3 Å². The predicted octanol–water partition coefficient (Wildman–Crippen LogP) is 3.55. The van der Waals surface area contributed by atoms with E-state index >= 15 is 0 Å². The van der Waals surface area contributed by atoms with Gasteiger partial charge in [0.25, 0.3) is 5.91 Å². The van der Waals surface area contributed by atoms with Crippen molar-refractivity contribution in [1.29, 1.82) is 0 Å². The van der Waals surface area contributed by atoms with Gasteiger partial charge in [0.2, 0.25) is 0 Å². The topological polar surface area (TPSA) is 77.2 Å². The molecular formula is C17H24ClN3O2S. The molecule has 0 radical (unpaired) electrons. The average Bonchev–Trinajstić information content (AvgIpc) is 3.03. The maximum absolute atomic E-state index is 12.5. The number of carbonyl (C=O) groups is 1. The molecular weight excluding hydrogens is 346 g/mol. The predicted molar refractivity (Wildman–Crippen MR) is 99.9 cm³/mol. The number of ether oxygens (including phenoxy) is 1. The Morgan fingerprint density at radius 3 is 2.67 bits per heavy atom. The van der Waals surface area contributed by atoms with Crippen molar-refractivity contribution in [2.75, 3.05) is 7.11 Å². The van der Waals surface area contributed by atoms with Crippen LogP contribution in [0.5, 0.6) is 5.75 Å². The van der Waals surface area contributed by atoms with Crippen LogP contribution in [-0.2, 0) is 6.54 Å². The molecule has 1 aromatic heterocycles. The SMILES string of the molecule is COc1ccccc1C(CC(C)C)NC(=O)c1csc(CN)n1.Cl. The van der Waals surface area contributed by atoms with Crippen LogP contribution >= 0.6 is 23.7 Å². The van der Waals surface area contributed by atoms with Crippen LogP contribution in [0.2, 0.25) is 0 Å². The molecule has 132 valence electrons. The Kier molecular flexibility index (Phi) is 8.18. The van der Waals surface area contributed by atoms with Crippen LogP contribution in [0, 0.1) is 5.92 Å². The minimum Gasteiger partial charge on any atom is -0.496 e. The number of hydrogen-bond acceptors (Lipinski definition) is 5. The van der Waals surface area contributed by atoms with Crippen LogP contribution in [0.1, 0.15) is 47.4 Å². The molecule has 0 saturated heterocycles. The normalized spacial score (nSPS) is 11.7. The molecule has 3 N–H and O–H groups in total. The Morgan fingerprint density at radius 1 is 1.38 bits per heavy atom. The van der Waals surface area contributed by atoms with Gasteiger partial charge >= 0.3 is 0 Å². The summed E-state index contributed by atoms with van der Waals surface area (Å²) < 4.78 is 5.44. The molecule has 1 atom stereocenters. The minimum absolute atomic E-state index is 0. The molecule has 0 saturated carbocycles. The molecule has 2 aromatic rings. The third-order valence-corrected chi connectivity index (χ3v) is 4.36. The third kappa shape index (κ3) is 5.19. The monoisotopic (exact) mass is 369 g/mol. The number of hydrogen-bond donors (Lipinski definition) is 2. The first-order valence-electron chi connectivity index (χ1n) is 7.63. The van der Waals surface area contributed by atoms with Gasteiger partial charge in [-0.25, -0.2) is 4.98 Å². The summed E-state index contributed by atoms with van der Waals surface area (Å²) in [6.45, 7) is 4.60. The Bertz CT molecular complexity index is 661. The molecule has 1 unspecified atom stereocenters. The molecule has 1 amide bonds. The molecule has 2 rings (SSSR count). The molecule has 1 aromatic carbocycles. The maximum atomic E-state index is 12.5. The number of nitrogens with one attached hydrogen (secondary N) is 1. The van der Waals surface area contributed by atoms with Gasteiger partial charge in [-0.1, -0.05) is 32.0 Å². The zero-order valence-corrected chi connectivity index (χ0v) is 15.7. The van der Waals surface area contributed by atoms with Crippen LogP contribution in [0.15, 0.2) is 29.6 Å². The fourth-order valence-electron chi connectivity index (χ4n) is 2.43. The average molecular weight is 370 g/mol. The second kappa shape index (κ2) is 9.61. The summed E-state index contributed by atoms with van der Waals surface area (Å²) in [6.07, 6.45) is 0.819. The van der Waals surface area contributed by atoms with Crippen molar-refractivity contribution in [3.63, 3.8) is 0 Å². The summed E-state index contributed by atoms with van der Waals surface area (Å²) in [5, 5.41) is 5.58. The number of para-hydroxylation sites is 1. The minimum atomic E-state index is -0.183. The summed E-state index contributed by atoms with van der Waals surface area (Å²) in [7, 11) is 1.64. The highest BCUT2D eigenvalue weighted by Gasteiger charge is 2.21. The molecule has 0 fully saturated rings. The molecule has 0 bridgehead atoms. The Morgan fingerprint density at radius 2 is 2.08 bits per heavy atom. The lowest BCUT2D eigenvalue weighted by Gasteiger charge is -2.22. The van der Waals surface area contributed by atoms with Crippen molar-refractivity contribution in [3.8, 4) is 5.75 Å². The second-order valence-corrected chi connectivity index (χ2v) is 6.67. The van der Waals surface area contributed by atoms with Gasteiger partial charge in [0.1, 0.15) is 16.5 Å². The number of nitrogens with two attached hydrogens (primary N) is 1. The van der Waals surface area contributed by atoms with Crippen molar-refractivity contribution in [1.82, 2.24) is 10.3 Å². The van der Waals surface area contributed by atoms with E-state index in [-0.39, 0.29) is 24.4 Å². The molecule has 7 heteroatoms. The number of halogens is 1. The summed E-state index contributed by atoms with van der Waals surface area (Å²) in [4.78, 5) is 16.7. The van der Waals surface area contributed by atoms with E-state index in [1.165, 1.54) is 11.3 Å². The number of aromatic nitrogens is 1. The van der Waals surface area contributed by atoms with Gasteiger partial charge in [0.05, 0.1) is 13.2 Å². The summed E-state index contributed by atoms with van der Waals surface area (Å²) in [5.41, 5.74) is 6.95. The number of rotatable bonds is 7. The van der Waals surface area contributed by atoms with Gasteiger partial charge in [-0.2, -0.15) is 0 Å². The fourth-order valence-corrected chi connectivity index (χ4v) is 3.09. The number of amides is 1. The zero-order valence-electron chi connectivity index (χ0n) is 14.1. The van der Waals surface area contributed by atoms with E-state index in [1.54, 1.807) is 12.5 Å². The van der Waals surface area contributed by atoms with Crippen LogP contribution in [0.4, 0.5) is 0 Å². The molecule has 0 aliphatic heterocycles. The van der Waals surface area contributed by atoms with Crippen LogP contribution in [0.25, 0.3) is 0 Å². The van der Waals surface area contributed by atoms with Gasteiger partial charge in [-0.15, -0.1) is 23.7 Å². The number of benzene rings is 1. The van der Waals surface area contributed by atoms with Gasteiger partial charge in [-0.3, -0.25) is 4.79 Å². The summed E-state index contributed by atoms with van der Waals surface area (Å²) in [6, 6.07) is 7.64. The zero-order chi connectivity index (χ0) is 16.8. The Balaban J connectivity index is 0.00000288. The van der Waals surface area contributed by atoms with E-state index < -0.39 is 0 Å². The van der Waals surface area contributed by atoms with Gasteiger partial charge in [0, 0.05) is 17.5 Å². The standard InChI is InChI=1S/C17H23N3O2S.ClH/c1-11(2)8-13(12-6-4-5-7-15(12)22-3)20-17(21)14-10-23-16(9-18)19-14;/h4-7,10-11,13H,8-9,18H2,1-3H3,(H,20,21);1H. The van der Waals surface area contributed by atoms with Crippen molar-refractivity contribution in [3.05, 3.63) is 45.9 Å². The van der Waals surface area contributed by atoms with E-state index in [9.17, 15) is 4.79 Å². The number of carbonyl (C=O) groups excluding carboxylic acids is 1. The highest BCUT2D eigenvalue weighted by Crippen LogP contribution is 2.29. The van der Waals surface area contributed by atoms with Crippen molar-refractivity contribution in [2.45, 2.75) is 32.9 Å². The largest absolute Gasteiger partial charge is 0.496 e. The van der Waals surface area contributed by atoms with Crippen molar-refractivity contribution in [2.24, 2.45) is 11.7 Å². The van der Waals surface area contributed by atoms with Crippen LogP contribution in [-0.4, -0.2) is 18.0 Å². The second-order valence-electron chi connectivity index (χ2n) is 5.73. The molecule has 5 nitrogen and oxygen atoms in total. The molecule has 0 aliphatic rings. The molecule has 24 heavy (non-hydrogen) atoms. The molecule has 0 aliphatic carbocycles. The smallest absolute Gasteiger partial charge is 0.271 e. The lowest BCUT2D eigenvalue weighted by atomic mass is 9.96. The van der Waals surface area contributed by atoms with Crippen LogP contribution < -0.4 is 15.8 Å². The summed E-state index contributed by atoms with van der Waals surface area (Å²) in [5.74, 6) is 1.03. The summed E-state index contributed by atoms with van der Waals surface area (Å²) >= 11 is 1.40. The first kappa shape index (κ1) is 20.4. The Labute approximate surface area is 153 Å². The molecule has 0 spiro atoms. The van der Waals surface area contributed by atoms with E-state index in [4.69, 9.17) is 10.5 Å². The number of nitrogens with zero attached hydrogens (tertiary/aromatic N) is 1. The van der Waals surface area contributed by atoms with Crippen molar-refractivity contribution >= 4 is 29.7 Å². The number of methoxy groups -OCH3 is 1. The van der Waals surface area contributed by atoms with Crippen molar-refractivity contribution < 1.29 is 9.53 Å². The van der Waals surface area contributed by atoms with Gasteiger partial charge < -0.3 is 15.8 Å². The number of thiazole rings is 1. The fraction of sp³-hybridized carbons (Fsp3) is 0.412. The highest BCUT2D eigenvalue weighted by molar-refractivity contribution is 7.09. The van der Waals surface area contributed by atoms with Crippen LogP contribution in [0.3, 0.4) is 0 Å². The third-order valence-electron chi connectivity index (χ3n) is 3.49. The van der Waals surface area contributed by atoms with E-state index in [0.717, 1.165) is 22.7 Å². The Hall–Kier alpha value is -1.63. The maximum Gasteiger partial charge on any atom is 0.271 e.